The molecule has 0 atom stereocenters. The number of benzene rings is 1. The molecule has 0 aliphatic rings. The van der Waals surface area contributed by atoms with E-state index in [9.17, 15) is 0 Å². The van der Waals surface area contributed by atoms with E-state index >= 15 is 0 Å². The lowest BCUT2D eigenvalue weighted by Gasteiger charge is -2.06. The highest BCUT2D eigenvalue weighted by atomic mass is 15.5. The van der Waals surface area contributed by atoms with Gasteiger partial charge in [0, 0.05) is 24.8 Å². The fourth-order valence-electron chi connectivity index (χ4n) is 1.65. The molecule has 17 heavy (non-hydrogen) atoms. The SMILES string of the molecule is CCCCNc1cccc(-c2nnnn2C)c1. The van der Waals surface area contributed by atoms with Crippen LogP contribution in [0.2, 0.25) is 0 Å². The van der Waals surface area contributed by atoms with Crippen molar-refractivity contribution < 1.29 is 0 Å². The molecule has 5 nitrogen and oxygen atoms in total. The van der Waals surface area contributed by atoms with Crippen LogP contribution in [0.15, 0.2) is 24.3 Å². The summed E-state index contributed by atoms with van der Waals surface area (Å²) in [4.78, 5) is 0. The molecule has 0 saturated heterocycles. The summed E-state index contributed by atoms with van der Waals surface area (Å²) < 4.78 is 1.67. The lowest BCUT2D eigenvalue weighted by Crippen LogP contribution is -2.01. The van der Waals surface area contributed by atoms with Crippen LogP contribution in [0.5, 0.6) is 0 Å². The Labute approximate surface area is 101 Å². The quantitative estimate of drug-likeness (QED) is 0.800. The van der Waals surface area contributed by atoms with E-state index in [4.69, 9.17) is 0 Å². The average molecular weight is 231 g/mol. The molecule has 0 amide bonds. The summed E-state index contributed by atoms with van der Waals surface area (Å²) in [6.45, 7) is 3.18. The van der Waals surface area contributed by atoms with Crippen molar-refractivity contribution in [2.75, 3.05) is 11.9 Å². The number of unbranched alkanes of at least 4 members (excludes halogenated alkanes) is 1. The average Bonchev–Trinajstić information content (AvgIpc) is 2.76. The number of nitrogens with one attached hydrogen (secondary N) is 1. The zero-order chi connectivity index (χ0) is 12.1. The van der Waals surface area contributed by atoms with Crippen LogP contribution in [0.1, 0.15) is 19.8 Å². The van der Waals surface area contributed by atoms with Crippen LogP contribution in [0.3, 0.4) is 0 Å². The molecule has 0 aliphatic carbocycles. The molecule has 1 heterocycles. The van der Waals surface area contributed by atoms with Crippen molar-refractivity contribution in [1.29, 1.82) is 0 Å². The van der Waals surface area contributed by atoms with Crippen molar-refractivity contribution in [2.24, 2.45) is 7.05 Å². The Morgan fingerprint density at radius 1 is 1.35 bits per heavy atom. The molecule has 2 aromatic rings. The van der Waals surface area contributed by atoms with Crippen molar-refractivity contribution in [3.8, 4) is 11.4 Å². The number of anilines is 1. The Bertz CT molecular complexity index is 477. The molecule has 5 heteroatoms. The monoisotopic (exact) mass is 231 g/mol. The number of tetrazole rings is 1. The van der Waals surface area contributed by atoms with E-state index in [-0.39, 0.29) is 0 Å². The molecular weight excluding hydrogens is 214 g/mol. The second kappa shape index (κ2) is 5.43. The lowest BCUT2D eigenvalue weighted by molar-refractivity contribution is 0.714. The van der Waals surface area contributed by atoms with Crippen LogP contribution in [-0.2, 0) is 7.05 Å². The Hall–Kier alpha value is -1.91. The van der Waals surface area contributed by atoms with Crippen LogP contribution in [0.25, 0.3) is 11.4 Å². The largest absolute Gasteiger partial charge is 0.385 e. The number of aromatic nitrogens is 4. The molecule has 0 saturated carbocycles. The lowest BCUT2D eigenvalue weighted by atomic mass is 10.2. The van der Waals surface area contributed by atoms with Gasteiger partial charge in [-0.2, -0.15) is 0 Å². The molecule has 1 aromatic carbocycles. The van der Waals surface area contributed by atoms with Gasteiger partial charge in [0.05, 0.1) is 0 Å². The first-order valence-electron chi connectivity index (χ1n) is 5.88. The predicted octanol–water partition coefficient (Wildman–Crippen LogP) is 2.09. The molecule has 1 aromatic heterocycles. The van der Waals surface area contributed by atoms with Crippen LogP contribution in [-0.4, -0.2) is 26.8 Å². The number of hydrogen-bond acceptors (Lipinski definition) is 4. The summed E-state index contributed by atoms with van der Waals surface area (Å²) >= 11 is 0. The van der Waals surface area contributed by atoms with Crippen molar-refractivity contribution in [1.82, 2.24) is 20.2 Å². The summed E-state index contributed by atoms with van der Waals surface area (Å²) in [7, 11) is 1.84. The van der Waals surface area contributed by atoms with Crippen molar-refractivity contribution in [3.63, 3.8) is 0 Å². The minimum absolute atomic E-state index is 0.782. The van der Waals surface area contributed by atoms with Gasteiger partial charge in [-0.15, -0.1) is 5.10 Å². The molecule has 1 N–H and O–H groups in total. The third kappa shape index (κ3) is 2.81. The topological polar surface area (TPSA) is 55.6 Å². The van der Waals surface area contributed by atoms with Crippen LogP contribution in [0.4, 0.5) is 5.69 Å². The third-order valence-corrected chi connectivity index (χ3v) is 2.60. The standard InChI is InChI=1S/C12H17N5/c1-3-4-8-13-11-7-5-6-10(9-11)12-14-15-16-17(12)2/h5-7,9,13H,3-4,8H2,1-2H3. The minimum Gasteiger partial charge on any atom is -0.385 e. The van der Waals surface area contributed by atoms with Gasteiger partial charge in [0.15, 0.2) is 5.82 Å². The zero-order valence-corrected chi connectivity index (χ0v) is 10.2. The highest BCUT2D eigenvalue weighted by Gasteiger charge is 2.05. The molecule has 0 aliphatic heterocycles. The fraction of sp³-hybridized carbons (Fsp3) is 0.417. The number of rotatable bonds is 5. The molecule has 0 unspecified atom stereocenters. The van der Waals surface area contributed by atoms with Gasteiger partial charge in [0.1, 0.15) is 0 Å². The fourth-order valence-corrected chi connectivity index (χ4v) is 1.65. The highest BCUT2D eigenvalue weighted by Crippen LogP contribution is 2.19. The van der Waals surface area contributed by atoms with E-state index < -0.39 is 0 Å². The summed E-state index contributed by atoms with van der Waals surface area (Å²) in [5.41, 5.74) is 2.14. The maximum atomic E-state index is 4.00. The number of nitrogens with zero attached hydrogens (tertiary/aromatic N) is 4. The first-order chi connectivity index (χ1) is 8.31. The van der Waals surface area contributed by atoms with Crippen molar-refractivity contribution in [2.45, 2.75) is 19.8 Å². The van der Waals surface area contributed by atoms with Gasteiger partial charge in [-0.3, -0.25) is 0 Å². The first-order valence-corrected chi connectivity index (χ1v) is 5.88. The smallest absolute Gasteiger partial charge is 0.181 e. The Balaban J connectivity index is 2.14. The molecule has 0 radical (unpaired) electrons. The summed E-state index contributed by atoms with van der Waals surface area (Å²) in [6.07, 6.45) is 2.37. The zero-order valence-electron chi connectivity index (χ0n) is 10.2. The Kier molecular flexibility index (Phi) is 3.69. The number of hydrogen-bond donors (Lipinski definition) is 1. The van der Waals surface area contributed by atoms with Crippen molar-refractivity contribution >= 4 is 5.69 Å². The third-order valence-electron chi connectivity index (χ3n) is 2.60. The van der Waals surface area contributed by atoms with Crippen molar-refractivity contribution in [3.05, 3.63) is 24.3 Å². The van der Waals surface area contributed by atoms with E-state index in [0.717, 1.165) is 23.6 Å². The van der Waals surface area contributed by atoms with E-state index in [2.05, 4.69) is 39.9 Å². The molecule has 0 bridgehead atoms. The van der Waals surface area contributed by atoms with Crippen LogP contribution in [0, 0.1) is 0 Å². The van der Waals surface area contributed by atoms with Gasteiger partial charge in [-0.25, -0.2) is 4.68 Å². The summed E-state index contributed by atoms with van der Waals surface area (Å²) in [5.74, 6) is 0.782. The van der Waals surface area contributed by atoms with Gasteiger partial charge >= 0.3 is 0 Å². The van der Waals surface area contributed by atoms with Gasteiger partial charge in [-0.1, -0.05) is 25.5 Å². The van der Waals surface area contributed by atoms with E-state index in [0.29, 0.717) is 0 Å². The molecule has 90 valence electrons. The second-order valence-electron chi connectivity index (χ2n) is 3.99. The van der Waals surface area contributed by atoms with Gasteiger partial charge in [-0.05, 0) is 29.0 Å². The predicted molar refractivity (Wildman–Crippen MR) is 67.6 cm³/mol. The maximum absolute atomic E-state index is 4.00. The van der Waals surface area contributed by atoms with E-state index in [1.165, 1.54) is 12.8 Å². The Morgan fingerprint density at radius 2 is 2.24 bits per heavy atom. The van der Waals surface area contributed by atoms with E-state index in [1.807, 2.05) is 19.2 Å². The first kappa shape index (κ1) is 11.6. The minimum atomic E-state index is 0.782. The molecule has 2 rings (SSSR count). The highest BCUT2D eigenvalue weighted by molar-refractivity contribution is 5.62. The van der Waals surface area contributed by atoms with Gasteiger partial charge in [0.2, 0.25) is 0 Å². The van der Waals surface area contributed by atoms with Crippen LogP contribution >= 0.6 is 0 Å². The summed E-state index contributed by atoms with van der Waals surface area (Å²) in [6, 6.07) is 8.15. The summed E-state index contributed by atoms with van der Waals surface area (Å²) in [5, 5.41) is 14.9. The molecule has 0 fully saturated rings. The van der Waals surface area contributed by atoms with Gasteiger partial charge in [0.25, 0.3) is 0 Å². The van der Waals surface area contributed by atoms with Crippen LogP contribution < -0.4 is 5.32 Å². The molecule has 0 spiro atoms. The molecular formula is C12H17N5. The normalized spacial score (nSPS) is 10.5. The maximum Gasteiger partial charge on any atom is 0.181 e. The van der Waals surface area contributed by atoms with E-state index in [1.54, 1.807) is 4.68 Å². The van der Waals surface area contributed by atoms with Gasteiger partial charge < -0.3 is 5.32 Å². The second-order valence-corrected chi connectivity index (χ2v) is 3.99. The number of aryl methyl sites for hydroxylation is 1. The Morgan fingerprint density at radius 3 is 2.94 bits per heavy atom.